The predicted octanol–water partition coefficient (Wildman–Crippen LogP) is 1.20. The zero-order valence-corrected chi connectivity index (χ0v) is 11.1. The number of esters is 1. The molecule has 0 aromatic heterocycles. The maximum Gasteiger partial charge on any atom is 0.408 e. The summed E-state index contributed by atoms with van der Waals surface area (Å²) in [5, 5.41) is 2.36. The lowest BCUT2D eigenvalue weighted by molar-refractivity contribution is -0.142. The molecule has 0 aliphatic rings. The summed E-state index contributed by atoms with van der Waals surface area (Å²) in [5.74, 6) is -0.607. The van der Waals surface area contributed by atoms with E-state index in [4.69, 9.17) is 16.5 Å². The van der Waals surface area contributed by atoms with Gasteiger partial charge in [-0.25, -0.2) is 14.4 Å². The average molecular weight is 287 g/mol. The molecule has 0 saturated carbocycles. The normalized spacial score (nSPS) is 11.5. The monoisotopic (exact) mass is 286 g/mol. The number of hydrogen-bond donors (Lipinski definition) is 2. The lowest BCUT2D eigenvalue weighted by Gasteiger charge is -2.15. The first-order chi connectivity index (χ1) is 9.17. The number of amides is 1. The van der Waals surface area contributed by atoms with Gasteiger partial charge in [-0.15, -0.1) is 0 Å². The van der Waals surface area contributed by atoms with Gasteiger partial charge in [0.25, 0.3) is 0 Å². The fourth-order valence-corrected chi connectivity index (χ4v) is 1.47. The molecule has 19 heavy (non-hydrogen) atoms. The number of methoxy groups -OCH3 is 1. The second kappa shape index (κ2) is 8.34. The zero-order valence-electron chi connectivity index (χ0n) is 10.4. The van der Waals surface area contributed by atoms with E-state index in [0.29, 0.717) is 0 Å². The van der Waals surface area contributed by atoms with Gasteiger partial charge in [0.05, 0.1) is 7.11 Å². The quantitative estimate of drug-likeness (QED) is 0.607. The van der Waals surface area contributed by atoms with Gasteiger partial charge in [0.2, 0.25) is 0 Å². The van der Waals surface area contributed by atoms with Crippen LogP contribution in [0.1, 0.15) is 5.56 Å². The fourth-order valence-electron chi connectivity index (χ4n) is 1.32. The van der Waals surface area contributed by atoms with Crippen LogP contribution in [0.2, 0.25) is 0 Å². The van der Waals surface area contributed by atoms with E-state index in [0.717, 1.165) is 5.56 Å². The highest BCUT2D eigenvalue weighted by Crippen LogP contribution is 2.01. The first-order valence-electron chi connectivity index (χ1n) is 5.56. The number of halogens is 1. The Morgan fingerprint density at radius 1 is 1.32 bits per heavy atom. The summed E-state index contributed by atoms with van der Waals surface area (Å²) in [6.07, 6.45) is -0.717. The molecule has 0 heterocycles. The third kappa shape index (κ3) is 5.58. The summed E-state index contributed by atoms with van der Waals surface area (Å²) in [7, 11) is 1.22. The van der Waals surface area contributed by atoms with Crippen LogP contribution < -0.4 is 10.2 Å². The average Bonchev–Trinajstić information content (AvgIpc) is 2.45. The van der Waals surface area contributed by atoms with Crippen molar-refractivity contribution >= 4 is 23.8 Å². The minimum absolute atomic E-state index is 0.0364. The van der Waals surface area contributed by atoms with Crippen molar-refractivity contribution in [1.29, 1.82) is 0 Å². The van der Waals surface area contributed by atoms with E-state index in [1.54, 1.807) is 0 Å². The van der Waals surface area contributed by atoms with Crippen molar-refractivity contribution in [2.24, 2.45) is 0 Å². The molecule has 0 saturated heterocycles. The largest absolute Gasteiger partial charge is 0.467 e. The first kappa shape index (κ1) is 15.3. The Hall–Kier alpha value is -1.79. The molecule has 7 heteroatoms. The van der Waals surface area contributed by atoms with Crippen LogP contribution in [0.5, 0.6) is 0 Å². The second-order valence-corrected chi connectivity index (χ2v) is 3.89. The van der Waals surface area contributed by atoms with Gasteiger partial charge in [-0.3, -0.25) is 0 Å². The molecule has 1 rings (SSSR count). The van der Waals surface area contributed by atoms with E-state index < -0.39 is 18.1 Å². The van der Waals surface area contributed by atoms with E-state index in [-0.39, 0.29) is 13.2 Å². The van der Waals surface area contributed by atoms with Gasteiger partial charge in [0.1, 0.15) is 12.6 Å². The van der Waals surface area contributed by atoms with Crippen LogP contribution >= 0.6 is 11.8 Å². The molecule has 1 aromatic carbocycles. The van der Waals surface area contributed by atoms with Gasteiger partial charge < -0.3 is 14.8 Å². The van der Waals surface area contributed by atoms with Gasteiger partial charge >= 0.3 is 12.1 Å². The maximum absolute atomic E-state index is 11.5. The molecule has 0 radical (unpaired) electrons. The van der Waals surface area contributed by atoms with Crippen molar-refractivity contribution in [2.75, 3.05) is 13.7 Å². The molecule has 6 nitrogen and oxygen atoms in total. The van der Waals surface area contributed by atoms with E-state index in [1.807, 2.05) is 30.3 Å². The van der Waals surface area contributed by atoms with Crippen molar-refractivity contribution < 1.29 is 19.1 Å². The Bertz CT molecular complexity index is 413. The van der Waals surface area contributed by atoms with E-state index in [1.165, 1.54) is 7.11 Å². The molecule has 0 aliphatic heterocycles. The molecule has 0 spiro atoms. The van der Waals surface area contributed by atoms with Crippen LogP contribution in [-0.2, 0) is 20.9 Å². The number of ether oxygens (including phenoxy) is 2. The minimum atomic E-state index is -0.897. The topological polar surface area (TPSA) is 76.7 Å². The SMILES string of the molecule is COC(=O)[C@@H](CNCl)NC(=O)OCc1ccccc1. The van der Waals surface area contributed by atoms with Gasteiger partial charge in [-0.2, -0.15) is 0 Å². The van der Waals surface area contributed by atoms with Crippen molar-refractivity contribution in [2.45, 2.75) is 12.6 Å². The molecule has 104 valence electrons. The molecule has 1 amide bonds. The van der Waals surface area contributed by atoms with Gasteiger partial charge in [-0.1, -0.05) is 30.3 Å². The summed E-state index contributed by atoms with van der Waals surface area (Å²) in [6, 6.07) is 8.29. The Morgan fingerprint density at radius 2 is 2.00 bits per heavy atom. The lowest BCUT2D eigenvalue weighted by Crippen LogP contribution is -2.46. The highest BCUT2D eigenvalue weighted by atomic mass is 35.5. The highest BCUT2D eigenvalue weighted by Gasteiger charge is 2.21. The van der Waals surface area contributed by atoms with Crippen LogP contribution in [0.3, 0.4) is 0 Å². The van der Waals surface area contributed by atoms with Crippen LogP contribution in [0.25, 0.3) is 0 Å². The van der Waals surface area contributed by atoms with Gasteiger partial charge in [0.15, 0.2) is 0 Å². The lowest BCUT2D eigenvalue weighted by atomic mass is 10.2. The molecule has 2 N–H and O–H groups in total. The second-order valence-electron chi connectivity index (χ2n) is 3.62. The van der Waals surface area contributed by atoms with Crippen molar-refractivity contribution in [3.63, 3.8) is 0 Å². The Labute approximate surface area is 116 Å². The fraction of sp³-hybridized carbons (Fsp3) is 0.333. The van der Waals surface area contributed by atoms with Crippen molar-refractivity contribution in [1.82, 2.24) is 10.2 Å². The third-order valence-electron chi connectivity index (χ3n) is 2.27. The number of rotatable bonds is 6. The first-order valence-corrected chi connectivity index (χ1v) is 5.93. The van der Waals surface area contributed by atoms with Crippen molar-refractivity contribution in [3.05, 3.63) is 35.9 Å². The molecule has 0 bridgehead atoms. The Kier molecular flexibility index (Phi) is 6.70. The maximum atomic E-state index is 11.5. The molecule has 0 fully saturated rings. The van der Waals surface area contributed by atoms with Crippen LogP contribution in [0.15, 0.2) is 30.3 Å². The number of carbonyl (C=O) groups is 2. The molecule has 1 aromatic rings. The highest BCUT2D eigenvalue weighted by molar-refractivity contribution is 6.13. The summed E-state index contributed by atoms with van der Waals surface area (Å²) in [4.78, 5) is 25.1. The van der Waals surface area contributed by atoms with Crippen LogP contribution in [0, 0.1) is 0 Å². The number of alkyl carbamates (subject to hydrolysis) is 1. The third-order valence-corrected chi connectivity index (χ3v) is 2.43. The van der Waals surface area contributed by atoms with Crippen LogP contribution in [-0.4, -0.2) is 31.8 Å². The van der Waals surface area contributed by atoms with Crippen LogP contribution in [0.4, 0.5) is 4.79 Å². The molecule has 0 aliphatic carbocycles. The zero-order chi connectivity index (χ0) is 14.1. The van der Waals surface area contributed by atoms with Crippen molar-refractivity contribution in [3.8, 4) is 0 Å². The van der Waals surface area contributed by atoms with E-state index in [9.17, 15) is 9.59 Å². The predicted molar refractivity (Wildman–Crippen MR) is 69.4 cm³/mol. The van der Waals surface area contributed by atoms with E-state index in [2.05, 4.69) is 14.9 Å². The Morgan fingerprint density at radius 3 is 2.58 bits per heavy atom. The standard InChI is InChI=1S/C12H15ClN2O4/c1-18-11(16)10(7-14-13)15-12(17)19-8-9-5-3-2-4-6-9/h2-6,10,14H,7-8H2,1H3,(H,15,17)/t10-/m1/s1. The molecular weight excluding hydrogens is 272 g/mol. The summed E-state index contributed by atoms with van der Waals surface area (Å²) in [6.45, 7) is 0.156. The number of carbonyl (C=O) groups excluding carboxylic acids is 2. The smallest absolute Gasteiger partial charge is 0.408 e. The van der Waals surface area contributed by atoms with Gasteiger partial charge in [-0.05, 0) is 17.3 Å². The summed E-state index contributed by atoms with van der Waals surface area (Å²) >= 11 is 5.30. The minimum Gasteiger partial charge on any atom is -0.467 e. The van der Waals surface area contributed by atoms with Gasteiger partial charge in [0, 0.05) is 6.54 Å². The van der Waals surface area contributed by atoms with E-state index >= 15 is 0 Å². The number of nitrogens with one attached hydrogen (secondary N) is 2. The number of hydrogen-bond acceptors (Lipinski definition) is 5. The summed E-state index contributed by atoms with van der Waals surface area (Å²) < 4.78 is 9.49. The Balaban J connectivity index is 2.42. The molecule has 0 unspecified atom stereocenters. The molecular formula is C12H15ClN2O4. The number of benzene rings is 1. The summed E-state index contributed by atoms with van der Waals surface area (Å²) in [5.41, 5.74) is 0.850. The molecule has 1 atom stereocenters.